The highest BCUT2D eigenvalue weighted by atomic mass is 32.2. The molecule has 34 heavy (non-hydrogen) atoms. The Balaban J connectivity index is 1.37. The molecule has 0 radical (unpaired) electrons. The van der Waals surface area contributed by atoms with E-state index in [0.717, 1.165) is 48.9 Å². The predicted molar refractivity (Wildman–Crippen MR) is 131 cm³/mol. The molecule has 0 spiro atoms. The molecule has 0 saturated carbocycles. The highest BCUT2D eigenvalue weighted by molar-refractivity contribution is 7.89. The first-order valence-electron chi connectivity index (χ1n) is 11.7. The van der Waals surface area contributed by atoms with Gasteiger partial charge in [-0.25, -0.2) is 8.42 Å². The average Bonchev–Trinajstić information content (AvgIpc) is 2.86. The van der Waals surface area contributed by atoms with E-state index in [1.807, 2.05) is 26.0 Å². The van der Waals surface area contributed by atoms with Crippen LogP contribution in [0.1, 0.15) is 11.1 Å². The van der Waals surface area contributed by atoms with Crippen molar-refractivity contribution in [3.8, 4) is 5.75 Å². The number of rotatable bonds is 7. The monoisotopic (exact) mass is 490 g/mol. The van der Waals surface area contributed by atoms with Crippen LogP contribution in [0.15, 0.2) is 29.2 Å². The average molecular weight is 491 g/mol. The molecule has 2 aliphatic rings. The molecule has 2 saturated heterocycles. The molecule has 1 aromatic heterocycles. The van der Waals surface area contributed by atoms with Crippen LogP contribution in [0.2, 0.25) is 0 Å². The molecule has 4 rings (SSSR count). The topological polar surface area (TPSA) is 102 Å². The largest absolute Gasteiger partial charge is 0.496 e. The minimum absolute atomic E-state index is 0.183. The van der Waals surface area contributed by atoms with Gasteiger partial charge in [0.05, 0.1) is 18.6 Å². The van der Waals surface area contributed by atoms with Crippen LogP contribution >= 0.6 is 0 Å². The van der Waals surface area contributed by atoms with Gasteiger partial charge in [-0.3, -0.25) is 4.90 Å². The van der Waals surface area contributed by atoms with Gasteiger partial charge in [-0.2, -0.15) is 4.31 Å². The van der Waals surface area contributed by atoms with Gasteiger partial charge in [0.1, 0.15) is 5.75 Å². The molecule has 2 fully saturated rings. The highest BCUT2D eigenvalue weighted by Gasteiger charge is 2.31. The van der Waals surface area contributed by atoms with Gasteiger partial charge in [0.15, 0.2) is 11.6 Å². The Labute approximate surface area is 201 Å². The summed E-state index contributed by atoms with van der Waals surface area (Å²) in [5.74, 6) is 2.30. The number of anilines is 2. The summed E-state index contributed by atoms with van der Waals surface area (Å²) in [4.78, 5) is 6.85. The van der Waals surface area contributed by atoms with Gasteiger partial charge in [0.2, 0.25) is 10.0 Å². The van der Waals surface area contributed by atoms with Gasteiger partial charge in [0.25, 0.3) is 0 Å². The second kappa shape index (κ2) is 10.4. The summed E-state index contributed by atoms with van der Waals surface area (Å²) >= 11 is 0. The number of piperazine rings is 2. The number of β-amino-alcohol motifs (C(OH)–C–C–N with tert-alkyl or cyclic N) is 1. The minimum atomic E-state index is -3.59. The summed E-state index contributed by atoms with van der Waals surface area (Å²) in [5, 5.41) is 17.9. The van der Waals surface area contributed by atoms with Crippen LogP contribution in [0.5, 0.6) is 5.75 Å². The van der Waals surface area contributed by atoms with Crippen molar-refractivity contribution in [1.82, 2.24) is 19.4 Å². The van der Waals surface area contributed by atoms with E-state index < -0.39 is 10.0 Å². The Bertz CT molecular complexity index is 1080. The number of aromatic nitrogens is 2. The van der Waals surface area contributed by atoms with Gasteiger partial charge in [-0.05, 0) is 49.2 Å². The van der Waals surface area contributed by atoms with Gasteiger partial charge >= 0.3 is 0 Å². The quantitative estimate of drug-likeness (QED) is 0.602. The van der Waals surface area contributed by atoms with Crippen LogP contribution in [-0.4, -0.2) is 106 Å². The van der Waals surface area contributed by atoms with E-state index in [9.17, 15) is 8.42 Å². The third-order valence-electron chi connectivity index (χ3n) is 6.84. The lowest BCUT2D eigenvalue weighted by Crippen LogP contribution is -2.49. The molecule has 2 aliphatic heterocycles. The maximum absolute atomic E-state index is 13.3. The molecule has 1 N–H and O–H groups in total. The molecule has 3 heterocycles. The van der Waals surface area contributed by atoms with Crippen molar-refractivity contribution < 1.29 is 18.3 Å². The van der Waals surface area contributed by atoms with Crippen molar-refractivity contribution in [3.63, 3.8) is 0 Å². The fourth-order valence-electron chi connectivity index (χ4n) is 4.57. The Morgan fingerprint density at radius 2 is 1.41 bits per heavy atom. The summed E-state index contributed by atoms with van der Waals surface area (Å²) in [6, 6.07) is 7.30. The maximum atomic E-state index is 13.3. The van der Waals surface area contributed by atoms with E-state index in [-0.39, 0.29) is 6.61 Å². The minimum Gasteiger partial charge on any atom is -0.496 e. The van der Waals surface area contributed by atoms with E-state index in [1.54, 1.807) is 23.5 Å². The highest BCUT2D eigenvalue weighted by Crippen LogP contribution is 2.29. The molecular weight excluding hydrogens is 456 g/mol. The molecule has 11 heteroatoms. The zero-order chi connectivity index (χ0) is 24.3. The SMILES string of the molecule is COc1ccc(S(=O)(=O)N2CCN(c3ccc(N4CCN(CCO)CC4)nn3)CC2)c(C)c1C. The summed E-state index contributed by atoms with van der Waals surface area (Å²) in [5.41, 5.74) is 1.56. The maximum Gasteiger partial charge on any atom is 0.243 e. The van der Waals surface area contributed by atoms with Crippen molar-refractivity contribution >= 4 is 21.7 Å². The van der Waals surface area contributed by atoms with Crippen LogP contribution < -0.4 is 14.5 Å². The Hall–Kier alpha value is -2.47. The van der Waals surface area contributed by atoms with Gasteiger partial charge in [0, 0.05) is 58.9 Å². The van der Waals surface area contributed by atoms with Gasteiger partial charge < -0.3 is 19.6 Å². The Morgan fingerprint density at radius 1 is 0.853 bits per heavy atom. The van der Waals surface area contributed by atoms with Crippen LogP contribution in [0, 0.1) is 13.8 Å². The molecule has 1 aromatic carbocycles. The molecule has 186 valence electrons. The van der Waals surface area contributed by atoms with Crippen molar-refractivity contribution in [2.24, 2.45) is 0 Å². The van der Waals surface area contributed by atoms with Crippen molar-refractivity contribution in [3.05, 3.63) is 35.4 Å². The zero-order valence-electron chi connectivity index (χ0n) is 20.1. The lowest BCUT2D eigenvalue weighted by molar-refractivity contribution is 0.188. The van der Waals surface area contributed by atoms with Crippen molar-refractivity contribution in [1.29, 1.82) is 0 Å². The fourth-order valence-corrected chi connectivity index (χ4v) is 6.27. The number of benzene rings is 1. The number of aliphatic hydroxyl groups is 1. The molecule has 0 atom stereocenters. The lowest BCUT2D eigenvalue weighted by Gasteiger charge is -2.36. The third kappa shape index (κ3) is 4.97. The van der Waals surface area contributed by atoms with Crippen molar-refractivity contribution in [2.75, 3.05) is 82.4 Å². The van der Waals surface area contributed by atoms with E-state index >= 15 is 0 Å². The number of nitrogens with zero attached hydrogens (tertiary/aromatic N) is 6. The number of hydrogen-bond donors (Lipinski definition) is 1. The molecule has 10 nitrogen and oxygen atoms in total. The predicted octanol–water partition coefficient (Wildman–Crippen LogP) is 0.727. The fraction of sp³-hybridized carbons (Fsp3) is 0.565. The molecule has 0 aliphatic carbocycles. The molecule has 0 amide bonds. The van der Waals surface area contributed by atoms with Crippen LogP contribution in [-0.2, 0) is 10.0 Å². The van der Waals surface area contributed by atoms with Gasteiger partial charge in [-0.15, -0.1) is 10.2 Å². The summed E-state index contributed by atoms with van der Waals surface area (Å²) in [6.45, 7) is 9.99. The number of hydrogen-bond acceptors (Lipinski definition) is 9. The third-order valence-corrected chi connectivity index (χ3v) is 8.88. The normalized spacial score (nSPS) is 18.4. The summed E-state index contributed by atoms with van der Waals surface area (Å²) in [7, 11) is -2.00. The number of methoxy groups -OCH3 is 1. The first-order chi connectivity index (χ1) is 16.3. The van der Waals surface area contributed by atoms with Crippen molar-refractivity contribution in [2.45, 2.75) is 18.7 Å². The van der Waals surface area contributed by atoms with E-state index in [2.05, 4.69) is 24.9 Å². The van der Waals surface area contributed by atoms with Crippen LogP contribution in [0.3, 0.4) is 0 Å². The number of sulfonamides is 1. The van der Waals surface area contributed by atoms with E-state index in [4.69, 9.17) is 9.84 Å². The van der Waals surface area contributed by atoms with Crippen LogP contribution in [0.4, 0.5) is 11.6 Å². The first kappa shape index (κ1) is 24.6. The Kier molecular flexibility index (Phi) is 7.56. The smallest absolute Gasteiger partial charge is 0.243 e. The van der Waals surface area contributed by atoms with Gasteiger partial charge in [-0.1, -0.05) is 0 Å². The summed E-state index contributed by atoms with van der Waals surface area (Å²) < 4.78 is 33.5. The standard InChI is InChI=1S/C23H34N6O4S/c1-18-19(2)21(5-4-20(18)33-3)34(31,32)29-14-12-28(13-15-29)23-7-6-22(24-25-23)27-10-8-26(9-11-27)16-17-30/h4-7,30H,8-17H2,1-3H3. The number of ether oxygens (including phenoxy) is 1. The number of aliphatic hydroxyl groups excluding tert-OH is 1. The first-order valence-corrected chi connectivity index (χ1v) is 13.1. The second-order valence-electron chi connectivity index (χ2n) is 8.71. The Morgan fingerprint density at radius 3 is 1.91 bits per heavy atom. The molecule has 2 aromatic rings. The molecule has 0 bridgehead atoms. The van der Waals surface area contributed by atoms with E-state index in [1.165, 1.54) is 0 Å². The van der Waals surface area contributed by atoms with Crippen LogP contribution in [0.25, 0.3) is 0 Å². The molecular formula is C23H34N6O4S. The van der Waals surface area contributed by atoms with E-state index in [0.29, 0.717) is 43.4 Å². The second-order valence-corrected chi connectivity index (χ2v) is 10.6. The zero-order valence-corrected chi connectivity index (χ0v) is 21.0. The molecule has 0 unspecified atom stereocenters. The lowest BCUT2D eigenvalue weighted by atomic mass is 10.1. The summed E-state index contributed by atoms with van der Waals surface area (Å²) in [6.07, 6.45) is 0.